The fourth-order valence-electron chi connectivity index (χ4n) is 2.03. The molecule has 1 N–H and O–H groups in total. The monoisotopic (exact) mass is 308 g/mol. The van der Waals surface area contributed by atoms with E-state index in [1.165, 1.54) is 0 Å². The van der Waals surface area contributed by atoms with E-state index in [1.54, 1.807) is 24.3 Å². The van der Waals surface area contributed by atoms with Crippen LogP contribution < -0.4 is 5.56 Å². The first-order chi connectivity index (χ1) is 10.8. The lowest BCUT2D eigenvalue weighted by atomic mass is 10.2. The fraction of sp³-hybridized carbons (Fsp3) is 0. The molecule has 0 spiro atoms. The zero-order chi connectivity index (χ0) is 15.4. The molecule has 0 saturated carbocycles. The molecule has 5 heteroatoms. The van der Waals surface area contributed by atoms with Crippen LogP contribution in [0.15, 0.2) is 69.5 Å². The zero-order valence-corrected chi connectivity index (χ0v) is 12.3. The van der Waals surface area contributed by atoms with Crippen LogP contribution in [-0.4, -0.2) is 16.3 Å². The van der Waals surface area contributed by atoms with Crippen molar-refractivity contribution >= 4 is 35.0 Å². The second kappa shape index (κ2) is 6.41. The Bertz CT molecular complexity index is 901. The first kappa shape index (κ1) is 14.3. The van der Waals surface area contributed by atoms with Crippen LogP contribution in [0, 0.1) is 0 Å². The Morgan fingerprint density at radius 3 is 2.55 bits per heavy atom. The fourth-order valence-corrected chi connectivity index (χ4v) is 2.78. The number of aromatic nitrogens is 2. The topological polar surface area (TPSA) is 62.8 Å². The first-order valence-corrected chi connectivity index (χ1v) is 7.47. The summed E-state index contributed by atoms with van der Waals surface area (Å²) in [6.45, 7) is 0. The third-order valence-corrected chi connectivity index (χ3v) is 3.87. The average molecular weight is 308 g/mol. The number of thioether (sulfide) groups is 1. The maximum absolute atomic E-state index is 12.0. The smallest absolute Gasteiger partial charge is 0.259 e. The summed E-state index contributed by atoms with van der Waals surface area (Å²) in [7, 11) is 0. The van der Waals surface area contributed by atoms with Gasteiger partial charge in [-0.05, 0) is 35.5 Å². The predicted molar refractivity (Wildman–Crippen MR) is 88.7 cm³/mol. The van der Waals surface area contributed by atoms with Gasteiger partial charge in [0.25, 0.3) is 5.56 Å². The number of nitrogens with zero attached hydrogens (tertiary/aromatic N) is 1. The van der Waals surface area contributed by atoms with E-state index >= 15 is 0 Å². The second-order valence-corrected chi connectivity index (χ2v) is 5.63. The second-order valence-electron chi connectivity index (χ2n) is 4.57. The molecule has 1 heterocycles. The number of fused-ring (bicyclic) bond motifs is 1. The minimum Gasteiger partial charge on any atom is -0.301 e. The largest absolute Gasteiger partial charge is 0.301 e. The van der Waals surface area contributed by atoms with Gasteiger partial charge in [0.15, 0.2) is 11.4 Å². The van der Waals surface area contributed by atoms with Gasteiger partial charge in [-0.25, -0.2) is 4.98 Å². The molecular weight excluding hydrogens is 296 g/mol. The molecule has 0 aliphatic rings. The summed E-state index contributed by atoms with van der Waals surface area (Å²) in [5, 5.41) is 0.935. The van der Waals surface area contributed by atoms with Gasteiger partial charge in [0.1, 0.15) is 0 Å². The predicted octanol–water partition coefficient (Wildman–Crippen LogP) is 3.26. The van der Waals surface area contributed by atoms with Crippen LogP contribution >= 0.6 is 11.8 Å². The number of benzene rings is 2. The highest BCUT2D eigenvalue weighted by molar-refractivity contribution is 8.03. The molecule has 3 rings (SSSR count). The van der Waals surface area contributed by atoms with Gasteiger partial charge in [-0.2, -0.15) is 0 Å². The lowest BCUT2D eigenvalue weighted by Crippen LogP contribution is -2.08. The standard InChI is InChI=1S/C17H12N2O2S/c20-11-13(10-12-6-2-1-3-7-12)22-17-18-15-9-5-4-8-14(15)16(21)19-17/h1-11H,(H,18,19,21). The van der Waals surface area contributed by atoms with Gasteiger partial charge in [0, 0.05) is 0 Å². The van der Waals surface area contributed by atoms with E-state index in [0.29, 0.717) is 21.0 Å². The van der Waals surface area contributed by atoms with Crippen molar-refractivity contribution in [1.29, 1.82) is 0 Å². The van der Waals surface area contributed by atoms with Crippen LogP contribution in [0.2, 0.25) is 0 Å². The number of aromatic amines is 1. The summed E-state index contributed by atoms with van der Waals surface area (Å²) >= 11 is 1.14. The first-order valence-electron chi connectivity index (χ1n) is 6.65. The third-order valence-electron chi connectivity index (χ3n) is 3.03. The number of allylic oxidation sites excluding steroid dienone is 1. The molecule has 4 nitrogen and oxygen atoms in total. The maximum Gasteiger partial charge on any atom is 0.259 e. The van der Waals surface area contributed by atoms with E-state index in [4.69, 9.17) is 0 Å². The number of carbonyl (C=O) groups excluding carboxylic acids is 1. The van der Waals surface area contributed by atoms with Crippen LogP contribution in [0.1, 0.15) is 5.56 Å². The Morgan fingerprint density at radius 2 is 1.77 bits per heavy atom. The van der Waals surface area contributed by atoms with Gasteiger partial charge in [-0.3, -0.25) is 9.59 Å². The number of carbonyl (C=O) groups is 1. The van der Waals surface area contributed by atoms with Crippen molar-refractivity contribution in [3.8, 4) is 0 Å². The minimum absolute atomic E-state index is 0.210. The summed E-state index contributed by atoms with van der Waals surface area (Å²) in [6.07, 6.45) is 2.51. The highest BCUT2D eigenvalue weighted by atomic mass is 32.2. The summed E-state index contributed by atoms with van der Waals surface area (Å²) in [4.78, 5) is 30.8. The van der Waals surface area contributed by atoms with Crippen LogP contribution in [0.25, 0.3) is 17.0 Å². The van der Waals surface area contributed by atoms with Gasteiger partial charge in [-0.1, -0.05) is 42.5 Å². The van der Waals surface area contributed by atoms with E-state index in [2.05, 4.69) is 9.97 Å². The van der Waals surface area contributed by atoms with Crippen molar-refractivity contribution in [3.05, 3.63) is 75.4 Å². The van der Waals surface area contributed by atoms with E-state index in [1.807, 2.05) is 36.4 Å². The van der Waals surface area contributed by atoms with Gasteiger partial charge in [0.05, 0.1) is 15.8 Å². The highest BCUT2D eigenvalue weighted by Crippen LogP contribution is 2.24. The van der Waals surface area contributed by atoms with Crippen molar-refractivity contribution in [1.82, 2.24) is 9.97 Å². The molecule has 0 fully saturated rings. The molecule has 108 valence electrons. The van der Waals surface area contributed by atoms with E-state index in [0.717, 1.165) is 23.6 Å². The number of aldehydes is 1. The van der Waals surface area contributed by atoms with Crippen LogP contribution in [-0.2, 0) is 4.79 Å². The Labute approximate surface area is 130 Å². The van der Waals surface area contributed by atoms with Crippen LogP contribution in [0.3, 0.4) is 0 Å². The lowest BCUT2D eigenvalue weighted by molar-refractivity contribution is -0.104. The van der Waals surface area contributed by atoms with Crippen LogP contribution in [0.5, 0.6) is 0 Å². The normalized spacial score (nSPS) is 11.5. The quantitative estimate of drug-likeness (QED) is 0.348. The van der Waals surface area contributed by atoms with Crippen molar-refractivity contribution in [2.75, 3.05) is 0 Å². The molecule has 0 amide bonds. The molecule has 3 aromatic rings. The molecule has 0 aliphatic heterocycles. The van der Waals surface area contributed by atoms with Gasteiger partial charge in [-0.15, -0.1) is 0 Å². The Kier molecular flexibility index (Phi) is 4.16. The Morgan fingerprint density at radius 1 is 1.05 bits per heavy atom. The Balaban J connectivity index is 1.96. The molecule has 0 saturated heterocycles. The lowest BCUT2D eigenvalue weighted by Gasteiger charge is -2.02. The van der Waals surface area contributed by atoms with Crippen LogP contribution in [0.4, 0.5) is 0 Å². The number of para-hydroxylation sites is 1. The summed E-state index contributed by atoms with van der Waals surface area (Å²) in [6, 6.07) is 16.6. The minimum atomic E-state index is -0.210. The zero-order valence-electron chi connectivity index (χ0n) is 11.5. The summed E-state index contributed by atoms with van der Waals surface area (Å²) in [5.41, 5.74) is 1.32. The highest BCUT2D eigenvalue weighted by Gasteiger charge is 2.06. The number of rotatable bonds is 4. The molecule has 1 aromatic heterocycles. The number of H-pyrrole nitrogens is 1. The van der Waals surface area contributed by atoms with Crippen molar-refractivity contribution in [3.63, 3.8) is 0 Å². The molecule has 0 atom stereocenters. The molecule has 22 heavy (non-hydrogen) atoms. The van der Waals surface area contributed by atoms with E-state index < -0.39 is 0 Å². The average Bonchev–Trinajstić information content (AvgIpc) is 2.55. The molecule has 0 bridgehead atoms. The van der Waals surface area contributed by atoms with Gasteiger partial charge < -0.3 is 4.98 Å². The van der Waals surface area contributed by atoms with E-state index in [9.17, 15) is 9.59 Å². The number of hydrogen-bond acceptors (Lipinski definition) is 4. The molecule has 0 aliphatic carbocycles. The van der Waals surface area contributed by atoms with Crippen molar-refractivity contribution in [2.45, 2.75) is 5.16 Å². The molecule has 2 aromatic carbocycles. The summed E-state index contributed by atoms with van der Waals surface area (Å²) < 4.78 is 0. The summed E-state index contributed by atoms with van der Waals surface area (Å²) in [5.74, 6) is 0. The molecular formula is C17H12N2O2S. The van der Waals surface area contributed by atoms with Crippen molar-refractivity contribution in [2.24, 2.45) is 0 Å². The van der Waals surface area contributed by atoms with Gasteiger partial charge >= 0.3 is 0 Å². The Hall–Kier alpha value is -2.66. The van der Waals surface area contributed by atoms with Gasteiger partial charge in [0.2, 0.25) is 0 Å². The maximum atomic E-state index is 12.0. The number of hydrogen-bond donors (Lipinski definition) is 1. The third kappa shape index (κ3) is 3.15. The molecule has 0 radical (unpaired) electrons. The van der Waals surface area contributed by atoms with E-state index in [-0.39, 0.29) is 5.56 Å². The van der Waals surface area contributed by atoms with Crippen molar-refractivity contribution < 1.29 is 4.79 Å². The molecule has 0 unspecified atom stereocenters. The number of nitrogens with one attached hydrogen (secondary N) is 1. The SMILES string of the molecule is O=CC(=Cc1ccccc1)Sc1nc2ccccc2c(=O)[nH]1.